The lowest BCUT2D eigenvalue weighted by molar-refractivity contribution is -0.117. The molecular formula is C19H20O. The van der Waals surface area contributed by atoms with Crippen LogP contribution >= 0.6 is 0 Å². The van der Waals surface area contributed by atoms with Gasteiger partial charge in [0.2, 0.25) is 0 Å². The molecule has 20 heavy (non-hydrogen) atoms. The summed E-state index contributed by atoms with van der Waals surface area (Å²) in [6.07, 6.45) is 3.58. The maximum absolute atomic E-state index is 11.8. The summed E-state index contributed by atoms with van der Waals surface area (Å²) in [5, 5.41) is 0. The smallest absolute Gasteiger partial charge is 0.133 e. The highest BCUT2D eigenvalue weighted by Crippen LogP contribution is 2.34. The monoisotopic (exact) mass is 264 g/mol. The first-order chi connectivity index (χ1) is 9.81. The van der Waals surface area contributed by atoms with Crippen molar-refractivity contribution in [1.82, 2.24) is 0 Å². The van der Waals surface area contributed by atoms with Gasteiger partial charge < -0.3 is 0 Å². The van der Waals surface area contributed by atoms with Gasteiger partial charge in [-0.05, 0) is 35.8 Å². The Morgan fingerprint density at radius 2 is 1.10 bits per heavy atom. The van der Waals surface area contributed by atoms with Gasteiger partial charge >= 0.3 is 0 Å². The van der Waals surface area contributed by atoms with E-state index in [1.54, 1.807) is 0 Å². The van der Waals surface area contributed by atoms with Gasteiger partial charge in [-0.3, -0.25) is 4.79 Å². The molecule has 0 radical (unpaired) electrons. The molecule has 102 valence electrons. The number of hydrogen-bond donors (Lipinski definition) is 0. The number of hydrogen-bond acceptors (Lipinski definition) is 1. The predicted molar refractivity (Wildman–Crippen MR) is 81.5 cm³/mol. The zero-order chi connectivity index (χ0) is 13.8. The van der Waals surface area contributed by atoms with Crippen LogP contribution in [0.5, 0.6) is 0 Å². The van der Waals surface area contributed by atoms with E-state index in [1.165, 1.54) is 11.1 Å². The fraction of sp³-hybridized carbons (Fsp3) is 0.316. The minimum absolute atomic E-state index is 0.437. The average Bonchev–Trinajstić information content (AvgIpc) is 2.81. The van der Waals surface area contributed by atoms with Gasteiger partial charge in [0.25, 0.3) is 0 Å². The molecule has 1 nitrogen and oxygen atoms in total. The van der Waals surface area contributed by atoms with Gasteiger partial charge in [0.1, 0.15) is 5.78 Å². The summed E-state index contributed by atoms with van der Waals surface area (Å²) in [4.78, 5) is 11.8. The van der Waals surface area contributed by atoms with Crippen molar-refractivity contribution in [3.63, 3.8) is 0 Å². The summed E-state index contributed by atoms with van der Waals surface area (Å²) in [6, 6.07) is 21.1. The van der Waals surface area contributed by atoms with Gasteiger partial charge in [0.05, 0.1) is 0 Å². The zero-order valence-electron chi connectivity index (χ0n) is 11.7. The maximum atomic E-state index is 11.8. The second-order valence-corrected chi connectivity index (χ2v) is 5.85. The fourth-order valence-corrected chi connectivity index (χ4v) is 3.31. The van der Waals surface area contributed by atoms with E-state index >= 15 is 0 Å². The molecule has 1 saturated carbocycles. The second-order valence-electron chi connectivity index (χ2n) is 5.85. The van der Waals surface area contributed by atoms with Crippen molar-refractivity contribution in [3.05, 3.63) is 71.8 Å². The Kier molecular flexibility index (Phi) is 3.96. The van der Waals surface area contributed by atoms with Gasteiger partial charge in [-0.15, -0.1) is 0 Å². The Labute approximate surface area is 120 Å². The molecule has 0 aromatic heterocycles. The molecule has 0 aliphatic heterocycles. The summed E-state index contributed by atoms with van der Waals surface area (Å²) >= 11 is 0. The Bertz CT molecular complexity index is 507. The van der Waals surface area contributed by atoms with E-state index in [0.29, 0.717) is 17.6 Å². The SMILES string of the molecule is O=C1C[C@@H](Cc2ccccc2)[C@H](Cc2ccccc2)C1. The summed E-state index contributed by atoms with van der Waals surface area (Å²) in [5.74, 6) is 1.45. The summed E-state index contributed by atoms with van der Waals surface area (Å²) in [5.41, 5.74) is 2.70. The molecule has 1 heteroatoms. The lowest BCUT2D eigenvalue weighted by Crippen LogP contribution is -2.13. The Balaban J connectivity index is 1.70. The van der Waals surface area contributed by atoms with Crippen LogP contribution in [0.2, 0.25) is 0 Å². The third-order valence-corrected chi connectivity index (χ3v) is 4.33. The minimum atomic E-state index is 0.437. The van der Waals surface area contributed by atoms with E-state index in [9.17, 15) is 4.79 Å². The lowest BCUT2D eigenvalue weighted by atomic mass is 9.85. The molecule has 1 aliphatic carbocycles. The van der Waals surface area contributed by atoms with E-state index in [2.05, 4.69) is 48.5 Å². The van der Waals surface area contributed by atoms with Crippen LogP contribution in [0, 0.1) is 11.8 Å². The molecule has 2 aromatic carbocycles. The van der Waals surface area contributed by atoms with Crippen molar-refractivity contribution in [2.75, 3.05) is 0 Å². The van der Waals surface area contributed by atoms with Gasteiger partial charge in [0, 0.05) is 12.8 Å². The van der Waals surface area contributed by atoms with Crippen LogP contribution in [-0.4, -0.2) is 5.78 Å². The standard InChI is InChI=1S/C19H20O/c20-19-13-17(11-15-7-3-1-4-8-15)18(14-19)12-16-9-5-2-6-10-16/h1-10,17-18H,11-14H2/t17-,18-/m1/s1. The molecule has 2 atom stereocenters. The van der Waals surface area contributed by atoms with Crippen LogP contribution in [-0.2, 0) is 17.6 Å². The molecule has 0 heterocycles. The van der Waals surface area contributed by atoms with E-state index in [0.717, 1.165) is 25.7 Å². The molecule has 0 saturated heterocycles. The molecule has 0 amide bonds. The molecule has 0 unspecified atom stereocenters. The number of benzene rings is 2. The quantitative estimate of drug-likeness (QED) is 0.813. The van der Waals surface area contributed by atoms with Crippen LogP contribution in [0.1, 0.15) is 24.0 Å². The van der Waals surface area contributed by atoms with Crippen LogP contribution in [0.15, 0.2) is 60.7 Å². The van der Waals surface area contributed by atoms with Crippen molar-refractivity contribution in [3.8, 4) is 0 Å². The van der Waals surface area contributed by atoms with E-state index < -0.39 is 0 Å². The van der Waals surface area contributed by atoms with Crippen molar-refractivity contribution in [2.45, 2.75) is 25.7 Å². The summed E-state index contributed by atoms with van der Waals surface area (Å²) in [6.45, 7) is 0. The Hall–Kier alpha value is -1.89. The normalized spacial score (nSPS) is 22.1. The highest BCUT2D eigenvalue weighted by molar-refractivity contribution is 5.81. The number of carbonyl (C=O) groups is 1. The maximum Gasteiger partial charge on any atom is 0.133 e. The Morgan fingerprint density at radius 1 is 0.700 bits per heavy atom. The minimum Gasteiger partial charge on any atom is -0.300 e. The first-order valence-electron chi connectivity index (χ1n) is 7.41. The molecular weight excluding hydrogens is 244 g/mol. The number of rotatable bonds is 4. The fourth-order valence-electron chi connectivity index (χ4n) is 3.31. The van der Waals surface area contributed by atoms with Gasteiger partial charge in [-0.1, -0.05) is 60.7 Å². The molecule has 1 fully saturated rings. The third-order valence-electron chi connectivity index (χ3n) is 4.33. The summed E-state index contributed by atoms with van der Waals surface area (Å²) in [7, 11) is 0. The van der Waals surface area contributed by atoms with E-state index in [1.807, 2.05) is 12.1 Å². The highest BCUT2D eigenvalue weighted by Gasteiger charge is 2.32. The van der Waals surface area contributed by atoms with Gasteiger partial charge in [0.15, 0.2) is 0 Å². The molecule has 0 N–H and O–H groups in total. The number of ketones is 1. The van der Waals surface area contributed by atoms with E-state index in [4.69, 9.17) is 0 Å². The van der Waals surface area contributed by atoms with Crippen molar-refractivity contribution in [1.29, 1.82) is 0 Å². The second kappa shape index (κ2) is 6.04. The van der Waals surface area contributed by atoms with Crippen molar-refractivity contribution >= 4 is 5.78 Å². The predicted octanol–water partition coefficient (Wildman–Crippen LogP) is 4.07. The highest BCUT2D eigenvalue weighted by atomic mass is 16.1. The number of Topliss-reactive ketones (excluding diaryl/α,β-unsaturated/α-hetero) is 1. The van der Waals surface area contributed by atoms with Gasteiger partial charge in [-0.25, -0.2) is 0 Å². The molecule has 3 rings (SSSR count). The summed E-state index contributed by atoms with van der Waals surface area (Å²) < 4.78 is 0. The Morgan fingerprint density at radius 3 is 1.50 bits per heavy atom. The average molecular weight is 264 g/mol. The van der Waals surface area contributed by atoms with Gasteiger partial charge in [-0.2, -0.15) is 0 Å². The first kappa shape index (κ1) is 13.1. The molecule has 0 spiro atoms. The molecule has 1 aliphatic rings. The number of carbonyl (C=O) groups excluding carboxylic acids is 1. The van der Waals surface area contributed by atoms with Crippen LogP contribution in [0.4, 0.5) is 0 Å². The van der Waals surface area contributed by atoms with Crippen molar-refractivity contribution < 1.29 is 4.79 Å². The van der Waals surface area contributed by atoms with Crippen LogP contribution in [0.25, 0.3) is 0 Å². The largest absolute Gasteiger partial charge is 0.300 e. The van der Waals surface area contributed by atoms with Crippen LogP contribution < -0.4 is 0 Å². The molecule has 0 bridgehead atoms. The third kappa shape index (κ3) is 3.16. The first-order valence-corrected chi connectivity index (χ1v) is 7.41. The van der Waals surface area contributed by atoms with Crippen molar-refractivity contribution in [2.24, 2.45) is 11.8 Å². The zero-order valence-corrected chi connectivity index (χ0v) is 11.7. The van der Waals surface area contributed by atoms with Crippen LogP contribution in [0.3, 0.4) is 0 Å². The topological polar surface area (TPSA) is 17.1 Å². The van der Waals surface area contributed by atoms with E-state index in [-0.39, 0.29) is 0 Å². The lowest BCUT2D eigenvalue weighted by Gasteiger charge is -2.19. The molecule has 2 aromatic rings.